The van der Waals surface area contributed by atoms with Crippen molar-refractivity contribution < 1.29 is 31.9 Å². The maximum atomic E-state index is 13.6. The van der Waals surface area contributed by atoms with Crippen molar-refractivity contribution in [2.75, 3.05) is 23.9 Å². The minimum atomic E-state index is -4.10. The van der Waals surface area contributed by atoms with Gasteiger partial charge in [0.25, 0.3) is 10.0 Å². The minimum absolute atomic E-state index is 0.0362. The molecule has 0 spiro atoms. The standard InChI is InChI=1S/C25H29FN2O6S/c1-25(2,3)34-24(30)14-17-5-10-22-21(13-17)28(35(31,32)20-8-6-18(26)7-9-20)16-19(33-22)15-23(29)27-11-4-12-27/h5-10,13,19H,4,11-12,14-16H2,1-3H3/t19-/m0/s1. The first-order valence-electron chi connectivity index (χ1n) is 11.5. The van der Waals surface area contributed by atoms with Crippen molar-refractivity contribution in [1.29, 1.82) is 0 Å². The number of fused-ring (bicyclic) bond motifs is 1. The fraction of sp³-hybridized carbons (Fsp3) is 0.440. The number of esters is 1. The zero-order valence-electron chi connectivity index (χ0n) is 20.0. The molecule has 0 bridgehead atoms. The van der Waals surface area contributed by atoms with Crippen LogP contribution in [0.5, 0.6) is 5.75 Å². The van der Waals surface area contributed by atoms with Gasteiger partial charge in [0, 0.05) is 13.1 Å². The summed E-state index contributed by atoms with van der Waals surface area (Å²) in [5.74, 6) is -0.800. The molecule has 0 unspecified atom stereocenters. The number of amides is 1. The summed E-state index contributed by atoms with van der Waals surface area (Å²) < 4.78 is 53.2. The average Bonchev–Trinajstić information content (AvgIpc) is 2.71. The Hall–Kier alpha value is -3.14. The number of halogens is 1. The molecule has 0 aromatic heterocycles. The number of ether oxygens (including phenoxy) is 2. The molecule has 10 heteroatoms. The van der Waals surface area contributed by atoms with Gasteiger partial charge in [0.2, 0.25) is 5.91 Å². The number of hydrogen-bond acceptors (Lipinski definition) is 6. The van der Waals surface area contributed by atoms with E-state index in [0.29, 0.717) is 18.7 Å². The van der Waals surface area contributed by atoms with E-state index >= 15 is 0 Å². The first-order chi connectivity index (χ1) is 16.4. The number of benzene rings is 2. The van der Waals surface area contributed by atoms with E-state index in [-0.39, 0.29) is 41.6 Å². The molecule has 2 aliphatic rings. The number of sulfonamides is 1. The molecule has 188 valence electrons. The zero-order chi connectivity index (χ0) is 25.4. The van der Waals surface area contributed by atoms with Gasteiger partial charge in [-0.15, -0.1) is 0 Å². The van der Waals surface area contributed by atoms with Crippen LogP contribution in [0, 0.1) is 5.82 Å². The zero-order valence-corrected chi connectivity index (χ0v) is 20.8. The summed E-state index contributed by atoms with van der Waals surface area (Å²) in [4.78, 5) is 26.5. The highest BCUT2D eigenvalue weighted by Crippen LogP contribution is 2.39. The molecule has 1 atom stereocenters. The molecule has 0 radical (unpaired) electrons. The van der Waals surface area contributed by atoms with Gasteiger partial charge in [0.05, 0.1) is 30.0 Å². The van der Waals surface area contributed by atoms with Crippen LogP contribution in [0.1, 0.15) is 39.2 Å². The molecule has 0 saturated carbocycles. The monoisotopic (exact) mass is 504 g/mol. The van der Waals surface area contributed by atoms with Gasteiger partial charge in [-0.2, -0.15) is 0 Å². The lowest BCUT2D eigenvalue weighted by Crippen LogP contribution is -2.48. The molecule has 1 fully saturated rings. The third-order valence-corrected chi connectivity index (χ3v) is 7.53. The molecule has 2 aromatic rings. The van der Waals surface area contributed by atoms with Gasteiger partial charge in [-0.3, -0.25) is 13.9 Å². The number of likely N-dealkylation sites (tertiary alicyclic amines) is 1. The third-order valence-electron chi connectivity index (χ3n) is 5.74. The van der Waals surface area contributed by atoms with Crippen LogP contribution >= 0.6 is 0 Å². The number of carbonyl (C=O) groups excluding carboxylic acids is 2. The maximum Gasteiger partial charge on any atom is 0.310 e. The van der Waals surface area contributed by atoms with Gasteiger partial charge < -0.3 is 14.4 Å². The Kier molecular flexibility index (Phi) is 6.77. The molecule has 0 aliphatic carbocycles. The van der Waals surface area contributed by atoms with Crippen molar-refractivity contribution in [3.05, 3.63) is 53.8 Å². The lowest BCUT2D eigenvalue weighted by molar-refractivity contribution is -0.153. The van der Waals surface area contributed by atoms with Gasteiger partial charge in [0.1, 0.15) is 23.3 Å². The number of rotatable bonds is 6. The van der Waals surface area contributed by atoms with Gasteiger partial charge in [-0.1, -0.05) is 6.07 Å². The molecular formula is C25H29FN2O6S. The first-order valence-corrected chi connectivity index (χ1v) is 12.9. The van der Waals surface area contributed by atoms with Crippen molar-refractivity contribution in [2.45, 2.75) is 56.6 Å². The Bertz CT molecular complexity index is 1220. The van der Waals surface area contributed by atoms with Gasteiger partial charge in [-0.05, 0) is 69.2 Å². The van der Waals surface area contributed by atoms with Crippen molar-refractivity contribution >= 4 is 27.6 Å². The molecule has 35 heavy (non-hydrogen) atoms. The summed E-state index contributed by atoms with van der Waals surface area (Å²) in [7, 11) is -4.10. The summed E-state index contributed by atoms with van der Waals surface area (Å²) >= 11 is 0. The highest BCUT2D eigenvalue weighted by Gasteiger charge is 2.37. The summed E-state index contributed by atoms with van der Waals surface area (Å²) in [6.45, 7) is 6.59. The van der Waals surface area contributed by atoms with E-state index in [1.807, 2.05) is 0 Å². The van der Waals surface area contributed by atoms with E-state index in [0.717, 1.165) is 18.6 Å². The molecule has 1 amide bonds. The molecule has 4 rings (SSSR count). The molecule has 2 aliphatic heterocycles. The van der Waals surface area contributed by atoms with Gasteiger partial charge >= 0.3 is 5.97 Å². The van der Waals surface area contributed by atoms with E-state index in [1.165, 1.54) is 16.4 Å². The van der Waals surface area contributed by atoms with E-state index < -0.39 is 33.5 Å². The van der Waals surface area contributed by atoms with Crippen LogP contribution in [0.15, 0.2) is 47.4 Å². The fourth-order valence-corrected chi connectivity index (χ4v) is 5.47. The summed E-state index contributed by atoms with van der Waals surface area (Å²) in [6, 6.07) is 9.41. The lowest BCUT2D eigenvalue weighted by Gasteiger charge is -2.37. The Morgan fingerprint density at radius 3 is 2.40 bits per heavy atom. The van der Waals surface area contributed by atoms with Crippen LogP contribution in [-0.2, 0) is 30.8 Å². The fourth-order valence-electron chi connectivity index (χ4n) is 3.97. The smallest absolute Gasteiger partial charge is 0.310 e. The van der Waals surface area contributed by atoms with Gasteiger partial charge in [-0.25, -0.2) is 12.8 Å². The second kappa shape index (κ2) is 9.49. The summed E-state index contributed by atoms with van der Waals surface area (Å²) in [5.41, 5.74) is 0.154. The quantitative estimate of drug-likeness (QED) is 0.561. The van der Waals surface area contributed by atoms with Crippen LogP contribution in [0.3, 0.4) is 0 Å². The van der Waals surface area contributed by atoms with Crippen molar-refractivity contribution in [3.63, 3.8) is 0 Å². The molecule has 1 saturated heterocycles. The van der Waals surface area contributed by atoms with Crippen molar-refractivity contribution in [3.8, 4) is 5.75 Å². The number of carbonyl (C=O) groups is 2. The highest BCUT2D eigenvalue weighted by atomic mass is 32.2. The second-order valence-corrected chi connectivity index (χ2v) is 11.6. The predicted octanol–water partition coefficient (Wildman–Crippen LogP) is 3.29. The minimum Gasteiger partial charge on any atom is -0.486 e. The summed E-state index contributed by atoms with van der Waals surface area (Å²) in [5, 5.41) is 0. The molecular weight excluding hydrogens is 475 g/mol. The topological polar surface area (TPSA) is 93.2 Å². The Labute approximate surface area is 204 Å². The van der Waals surface area contributed by atoms with Crippen LogP contribution in [0.4, 0.5) is 10.1 Å². The summed E-state index contributed by atoms with van der Waals surface area (Å²) in [6.07, 6.45) is 0.244. The van der Waals surface area contributed by atoms with Crippen LogP contribution in [0.2, 0.25) is 0 Å². The largest absolute Gasteiger partial charge is 0.486 e. The number of nitrogens with zero attached hydrogens (tertiary/aromatic N) is 2. The number of anilines is 1. The van der Waals surface area contributed by atoms with E-state index in [9.17, 15) is 22.4 Å². The normalized spacial score (nSPS) is 17.8. The second-order valence-electron chi connectivity index (χ2n) is 9.73. The van der Waals surface area contributed by atoms with Crippen molar-refractivity contribution in [2.24, 2.45) is 0 Å². The predicted molar refractivity (Wildman–Crippen MR) is 127 cm³/mol. The molecule has 8 nitrogen and oxygen atoms in total. The van der Waals surface area contributed by atoms with E-state index in [2.05, 4.69) is 0 Å². The Morgan fingerprint density at radius 1 is 1.11 bits per heavy atom. The van der Waals surface area contributed by atoms with Crippen LogP contribution in [0.25, 0.3) is 0 Å². The molecule has 2 aromatic carbocycles. The van der Waals surface area contributed by atoms with Gasteiger partial charge in [0.15, 0.2) is 0 Å². The van der Waals surface area contributed by atoms with Crippen molar-refractivity contribution in [1.82, 2.24) is 4.90 Å². The average molecular weight is 505 g/mol. The van der Waals surface area contributed by atoms with E-state index in [1.54, 1.807) is 43.9 Å². The Balaban J connectivity index is 1.66. The first kappa shape index (κ1) is 25.0. The van der Waals surface area contributed by atoms with Crippen LogP contribution < -0.4 is 9.04 Å². The SMILES string of the molecule is CC(C)(C)OC(=O)Cc1ccc2c(c1)N(S(=O)(=O)c1ccc(F)cc1)C[C@H](CC(=O)N1CCC1)O2. The molecule has 2 heterocycles. The van der Waals surface area contributed by atoms with E-state index in [4.69, 9.17) is 9.47 Å². The highest BCUT2D eigenvalue weighted by molar-refractivity contribution is 7.92. The number of hydrogen-bond donors (Lipinski definition) is 0. The maximum absolute atomic E-state index is 13.6. The molecule has 0 N–H and O–H groups in total. The Morgan fingerprint density at radius 2 is 1.80 bits per heavy atom. The lowest BCUT2D eigenvalue weighted by atomic mass is 10.1. The van der Waals surface area contributed by atoms with Crippen LogP contribution in [-0.4, -0.2) is 56.5 Å². The third kappa shape index (κ3) is 5.75.